The fourth-order valence-corrected chi connectivity index (χ4v) is 6.44. The van der Waals surface area contributed by atoms with Crippen LogP contribution in [0.25, 0.3) is 0 Å². The molecule has 5 nitrogen and oxygen atoms in total. The van der Waals surface area contributed by atoms with Crippen molar-refractivity contribution in [1.29, 1.82) is 0 Å². The molecule has 28 heavy (non-hydrogen) atoms. The SMILES string of the molecule is CN1[C@H](Cc2ccccc2)[C@@H]2C[C@@]3(C)[C@H](CCCC[C@@H]13)N2C(=O)c1cnco1. The number of likely N-dealkylation sites (tertiary alicyclic amines) is 2. The zero-order valence-electron chi connectivity index (χ0n) is 16.8. The van der Waals surface area contributed by atoms with Gasteiger partial charge in [-0.25, -0.2) is 4.98 Å². The number of oxazole rings is 1. The molecule has 3 aliphatic rings. The smallest absolute Gasteiger partial charge is 0.291 e. The zero-order chi connectivity index (χ0) is 19.3. The Kier molecular flexibility index (Phi) is 4.31. The largest absolute Gasteiger partial charge is 0.438 e. The molecular weight excluding hydrogens is 350 g/mol. The van der Waals surface area contributed by atoms with E-state index in [1.165, 1.54) is 31.2 Å². The molecule has 148 valence electrons. The highest BCUT2D eigenvalue weighted by molar-refractivity contribution is 5.92. The minimum Gasteiger partial charge on any atom is -0.438 e. The molecule has 5 rings (SSSR count). The molecule has 2 saturated heterocycles. The number of carbonyl (C=O) groups is 1. The summed E-state index contributed by atoms with van der Waals surface area (Å²) < 4.78 is 5.42. The second-order valence-corrected chi connectivity index (χ2v) is 9.09. The van der Waals surface area contributed by atoms with Crippen LogP contribution in [0.4, 0.5) is 0 Å². The third kappa shape index (κ3) is 2.63. The number of carbonyl (C=O) groups excluding carboxylic acids is 1. The molecule has 5 heteroatoms. The van der Waals surface area contributed by atoms with Gasteiger partial charge < -0.3 is 9.32 Å². The van der Waals surface area contributed by atoms with E-state index >= 15 is 0 Å². The molecule has 2 aliphatic heterocycles. The normalized spacial score (nSPS) is 35.0. The van der Waals surface area contributed by atoms with E-state index in [1.807, 2.05) is 0 Å². The summed E-state index contributed by atoms with van der Waals surface area (Å²) in [5.74, 6) is 0.392. The van der Waals surface area contributed by atoms with Gasteiger partial charge in [-0.2, -0.15) is 0 Å². The van der Waals surface area contributed by atoms with Gasteiger partial charge in [-0.3, -0.25) is 9.69 Å². The van der Waals surface area contributed by atoms with Crippen molar-refractivity contribution >= 4 is 5.91 Å². The van der Waals surface area contributed by atoms with Gasteiger partial charge in [0.25, 0.3) is 5.91 Å². The standard InChI is InChI=1S/C23H29N3O2/c1-23-13-18-17(12-16-8-4-3-5-9-16)25(2)20(23)10-6-7-11-21(23)26(18)22(27)19-14-24-15-28-19/h3-5,8-9,14-15,17-18,20-21H,6-7,10-13H2,1-2H3/t17-,18+,20-,21+,23-/m1/s1. The first kappa shape index (κ1) is 17.9. The first-order chi connectivity index (χ1) is 13.6. The van der Waals surface area contributed by atoms with Crippen LogP contribution in [-0.2, 0) is 6.42 Å². The monoisotopic (exact) mass is 379 g/mol. The van der Waals surface area contributed by atoms with Gasteiger partial charge in [0.15, 0.2) is 6.39 Å². The van der Waals surface area contributed by atoms with E-state index in [0.717, 1.165) is 19.3 Å². The van der Waals surface area contributed by atoms with E-state index in [1.54, 1.807) is 6.20 Å². The lowest BCUT2D eigenvalue weighted by Crippen LogP contribution is -2.58. The maximum atomic E-state index is 13.5. The highest BCUT2D eigenvalue weighted by Crippen LogP contribution is 2.55. The lowest BCUT2D eigenvalue weighted by Gasteiger charge is -2.49. The number of aromatic nitrogens is 1. The lowest BCUT2D eigenvalue weighted by atomic mass is 9.69. The van der Waals surface area contributed by atoms with Crippen molar-refractivity contribution in [3.05, 3.63) is 54.2 Å². The summed E-state index contributed by atoms with van der Waals surface area (Å²) in [6, 6.07) is 12.0. The molecule has 1 aliphatic carbocycles. The first-order valence-electron chi connectivity index (χ1n) is 10.6. The molecule has 0 N–H and O–H groups in total. The summed E-state index contributed by atoms with van der Waals surface area (Å²) in [5, 5.41) is 0. The maximum Gasteiger partial charge on any atom is 0.291 e. The fraction of sp³-hybridized carbons (Fsp3) is 0.565. The second-order valence-electron chi connectivity index (χ2n) is 9.09. The zero-order valence-corrected chi connectivity index (χ0v) is 16.8. The minimum absolute atomic E-state index is 0.0187. The Labute approximate surface area is 166 Å². The average molecular weight is 380 g/mol. The van der Waals surface area contributed by atoms with E-state index < -0.39 is 0 Å². The Balaban J connectivity index is 1.56. The van der Waals surface area contributed by atoms with Gasteiger partial charge in [-0.05, 0) is 38.3 Å². The summed E-state index contributed by atoms with van der Waals surface area (Å²) in [5.41, 5.74) is 1.49. The Morgan fingerprint density at radius 1 is 1.21 bits per heavy atom. The van der Waals surface area contributed by atoms with E-state index in [2.05, 4.69) is 59.1 Å². The van der Waals surface area contributed by atoms with Crippen LogP contribution in [-0.4, -0.2) is 51.9 Å². The summed E-state index contributed by atoms with van der Waals surface area (Å²) in [4.78, 5) is 22.3. The van der Waals surface area contributed by atoms with Crippen molar-refractivity contribution in [3.8, 4) is 0 Å². The van der Waals surface area contributed by atoms with Crippen LogP contribution in [0.15, 0.2) is 47.3 Å². The summed E-state index contributed by atoms with van der Waals surface area (Å²) in [6.07, 6.45) is 9.75. The highest BCUT2D eigenvalue weighted by atomic mass is 16.3. The van der Waals surface area contributed by atoms with Crippen LogP contribution in [0.3, 0.4) is 0 Å². The van der Waals surface area contributed by atoms with Crippen LogP contribution in [0.1, 0.15) is 55.1 Å². The van der Waals surface area contributed by atoms with E-state index in [0.29, 0.717) is 17.8 Å². The molecule has 2 aromatic rings. The van der Waals surface area contributed by atoms with Crippen molar-refractivity contribution in [2.45, 2.75) is 69.6 Å². The molecule has 0 spiro atoms. The van der Waals surface area contributed by atoms with E-state index in [9.17, 15) is 4.79 Å². The molecule has 2 bridgehead atoms. The molecule has 3 fully saturated rings. The molecule has 1 aromatic heterocycles. The Bertz CT molecular complexity index is 837. The van der Waals surface area contributed by atoms with Gasteiger partial charge in [-0.15, -0.1) is 0 Å². The van der Waals surface area contributed by atoms with Gasteiger partial charge in [0.05, 0.1) is 6.20 Å². The van der Waals surface area contributed by atoms with Crippen LogP contribution in [0, 0.1) is 5.41 Å². The number of hydrogen-bond acceptors (Lipinski definition) is 4. The molecule has 1 aromatic carbocycles. The summed E-state index contributed by atoms with van der Waals surface area (Å²) in [6.45, 7) is 2.42. The number of rotatable bonds is 3. The molecule has 3 heterocycles. The highest BCUT2D eigenvalue weighted by Gasteiger charge is 2.62. The Hall–Kier alpha value is -2.14. The topological polar surface area (TPSA) is 49.6 Å². The predicted octanol–water partition coefficient (Wildman–Crippen LogP) is 3.76. The third-order valence-electron chi connectivity index (χ3n) is 7.69. The van der Waals surface area contributed by atoms with Gasteiger partial charge in [0.1, 0.15) is 0 Å². The molecule has 1 amide bonds. The Morgan fingerprint density at radius 2 is 1.96 bits per heavy atom. The predicted molar refractivity (Wildman–Crippen MR) is 107 cm³/mol. The summed E-state index contributed by atoms with van der Waals surface area (Å²) in [7, 11) is 2.29. The fourth-order valence-electron chi connectivity index (χ4n) is 6.44. The molecule has 1 saturated carbocycles. The van der Waals surface area contributed by atoms with Gasteiger partial charge in [0.2, 0.25) is 5.76 Å². The number of nitrogens with zero attached hydrogens (tertiary/aromatic N) is 3. The van der Waals surface area contributed by atoms with E-state index in [4.69, 9.17) is 4.42 Å². The van der Waals surface area contributed by atoms with Crippen LogP contribution in [0.5, 0.6) is 0 Å². The van der Waals surface area contributed by atoms with Crippen LogP contribution in [0.2, 0.25) is 0 Å². The van der Waals surface area contributed by atoms with Gasteiger partial charge in [0, 0.05) is 29.6 Å². The quantitative estimate of drug-likeness (QED) is 0.815. The first-order valence-corrected chi connectivity index (χ1v) is 10.6. The molecule has 0 radical (unpaired) electrons. The summed E-state index contributed by atoms with van der Waals surface area (Å²) >= 11 is 0. The number of hydrogen-bond donors (Lipinski definition) is 0. The maximum absolute atomic E-state index is 13.5. The number of likely N-dealkylation sites (N-methyl/N-ethyl adjacent to an activating group) is 1. The Morgan fingerprint density at radius 3 is 2.68 bits per heavy atom. The number of piperidine rings is 1. The number of fused-ring (bicyclic) bond motifs is 1. The molecule has 5 atom stereocenters. The van der Waals surface area contributed by atoms with E-state index in [-0.39, 0.29) is 23.4 Å². The lowest BCUT2D eigenvalue weighted by molar-refractivity contribution is 0.0154. The second kappa shape index (κ2) is 6.73. The van der Waals surface area contributed by atoms with Gasteiger partial charge in [-0.1, -0.05) is 50.1 Å². The van der Waals surface area contributed by atoms with Crippen molar-refractivity contribution in [1.82, 2.24) is 14.8 Å². The van der Waals surface area contributed by atoms with Crippen LogP contribution < -0.4 is 0 Å². The third-order valence-corrected chi connectivity index (χ3v) is 7.69. The van der Waals surface area contributed by atoms with Crippen molar-refractivity contribution in [3.63, 3.8) is 0 Å². The van der Waals surface area contributed by atoms with Crippen molar-refractivity contribution < 1.29 is 9.21 Å². The average Bonchev–Trinajstić information content (AvgIpc) is 3.28. The number of amides is 1. The van der Waals surface area contributed by atoms with Gasteiger partial charge >= 0.3 is 0 Å². The molecular formula is C23H29N3O2. The van der Waals surface area contributed by atoms with Crippen molar-refractivity contribution in [2.75, 3.05) is 7.05 Å². The van der Waals surface area contributed by atoms with Crippen LogP contribution >= 0.6 is 0 Å². The number of benzene rings is 1. The minimum atomic E-state index is 0.0187. The van der Waals surface area contributed by atoms with Crippen molar-refractivity contribution in [2.24, 2.45) is 5.41 Å². The molecule has 0 unspecified atom stereocenters.